The normalized spacial score (nSPS) is 23.5. The first-order valence-corrected chi connectivity index (χ1v) is 8.46. The van der Waals surface area contributed by atoms with Crippen LogP contribution in [0.1, 0.15) is 31.7 Å². The van der Waals surface area contributed by atoms with Crippen LogP contribution in [0.15, 0.2) is 18.2 Å². The van der Waals surface area contributed by atoms with E-state index < -0.39 is 11.3 Å². The third kappa shape index (κ3) is 3.29. The van der Waals surface area contributed by atoms with Gasteiger partial charge in [-0.25, -0.2) is 9.40 Å². The average molecular weight is 323 g/mol. The molecule has 1 aliphatic rings. The monoisotopic (exact) mass is 323 g/mol. The highest BCUT2D eigenvalue weighted by molar-refractivity contribution is 7.77. The third-order valence-corrected chi connectivity index (χ3v) is 4.73. The summed E-state index contributed by atoms with van der Waals surface area (Å²) in [6.45, 7) is 0.526. The van der Waals surface area contributed by atoms with E-state index in [0.717, 1.165) is 42.5 Å². The van der Waals surface area contributed by atoms with Crippen LogP contribution in [0, 0.1) is 5.92 Å². The minimum Gasteiger partial charge on any atom is -0.760 e. The zero-order valence-electron chi connectivity index (χ0n) is 12.4. The van der Waals surface area contributed by atoms with E-state index in [1.54, 1.807) is 7.11 Å². The van der Waals surface area contributed by atoms with E-state index in [9.17, 15) is 8.76 Å². The van der Waals surface area contributed by atoms with E-state index in [-0.39, 0.29) is 0 Å². The molecule has 0 spiro atoms. The molecule has 1 aromatic heterocycles. The molecule has 7 nitrogen and oxygen atoms in total. The summed E-state index contributed by atoms with van der Waals surface area (Å²) in [6, 6.07) is 6.12. The number of benzene rings is 1. The Bertz CT molecular complexity index is 667. The van der Waals surface area contributed by atoms with E-state index in [0.29, 0.717) is 18.5 Å². The maximum atomic E-state index is 10.5. The molecule has 1 fully saturated rings. The van der Waals surface area contributed by atoms with Gasteiger partial charge in [-0.15, -0.1) is 5.10 Å². The van der Waals surface area contributed by atoms with Gasteiger partial charge in [0.2, 0.25) is 0 Å². The fourth-order valence-corrected chi connectivity index (χ4v) is 3.47. The molecular weight excluding hydrogens is 304 g/mol. The Morgan fingerprint density at radius 1 is 1.41 bits per heavy atom. The lowest BCUT2D eigenvalue weighted by Crippen LogP contribution is -2.28. The molecule has 1 N–H and O–H groups in total. The van der Waals surface area contributed by atoms with Crippen molar-refractivity contribution >= 4 is 22.3 Å². The van der Waals surface area contributed by atoms with Crippen molar-refractivity contribution in [2.45, 2.75) is 31.7 Å². The van der Waals surface area contributed by atoms with Crippen LogP contribution in [0.4, 0.5) is 0 Å². The molecular formula is C14H19N4O3S-. The van der Waals surface area contributed by atoms with Crippen LogP contribution in [0.3, 0.4) is 0 Å². The summed E-state index contributed by atoms with van der Waals surface area (Å²) < 4.78 is 30.8. The molecule has 120 valence electrons. The third-order valence-electron chi connectivity index (χ3n) is 4.33. The zero-order valence-corrected chi connectivity index (χ0v) is 13.2. The standard InChI is InChI=1S/C14H20N4O3S/c1-21-12-6-7-14-13(8-12)16-17-18(14)11-4-2-10(3-5-11)9-15-22(19)20/h6-8,10-11,15H,2-5,9H2,1H3,(H,19,20)/p-1. The lowest BCUT2D eigenvalue weighted by Gasteiger charge is -2.29. The number of rotatable bonds is 5. The van der Waals surface area contributed by atoms with Crippen LogP contribution in [-0.4, -0.2) is 37.4 Å². The van der Waals surface area contributed by atoms with E-state index in [1.165, 1.54) is 0 Å². The Labute approximate surface area is 131 Å². The van der Waals surface area contributed by atoms with Crippen molar-refractivity contribution in [1.29, 1.82) is 0 Å². The summed E-state index contributed by atoms with van der Waals surface area (Å²) in [5, 5.41) is 8.51. The molecule has 1 heterocycles. The molecule has 0 saturated heterocycles. The van der Waals surface area contributed by atoms with E-state index in [1.807, 2.05) is 22.9 Å². The molecule has 22 heavy (non-hydrogen) atoms. The Morgan fingerprint density at radius 2 is 2.18 bits per heavy atom. The minimum absolute atomic E-state index is 0.326. The van der Waals surface area contributed by atoms with E-state index >= 15 is 0 Å². The van der Waals surface area contributed by atoms with Crippen LogP contribution in [0.25, 0.3) is 11.0 Å². The van der Waals surface area contributed by atoms with Gasteiger partial charge in [-0.2, -0.15) is 0 Å². The van der Waals surface area contributed by atoms with Crippen LogP contribution in [-0.2, 0) is 11.3 Å². The fraction of sp³-hybridized carbons (Fsp3) is 0.571. The number of nitrogens with one attached hydrogen (secondary N) is 1. The molecule has 0 radical (unpaired) electrons. The van der Waals surface area contributed by atoms with Crippen LogP contribution in [0.2, 0.25) is 0 Å². The number of aromatic nitrogens is 3. The molecule has 1 saturated carbocycles. The summed E-state index contributed by atoms with van der Waals surface area (Å²) in [4.78, 5) is 0. The molecule has 0 amide bonds. The minimum atomic E-state index is -2.17. The topological polar surface area (TPSA) is 92.1 Å². The van der Waals surface area contributed by atoms with Gasteiger partial charge in [0.05, 0.1) is 18.7 Å². The largest absolute Gasteiger partial charge is 0.760 e. The number of methoxy groups -OCH3 is 1. The second-order valence-corrected chi connectivity index (χ2v) is 6.40. The summed E-state index contributed by atoms with van der Waals surface area (Å²) >= 11 is -2.17. The van der Waals surface area contributed by atoms with Gasteiger partial charge in [-0.05, 0) is 43.7 Å². The van der Waals surface area contributed by atoms with Crippen molar-refractivity contribution in [3.8, 4) is 5.75 Å². The lowest BCUT2D eigenvalue weighted by atomic mass is 9.86. The van der Waals surface area contributed by atoms with Gasteiger partial charge in [-0.1, -0.05) is 5.21 Å². The second-order valence-electron chi connectivity index (χ2n) is 5.65. The van der Waals surface area contributed by atoms with Crippen molar-refractivity contribution in [2.75, 3.05) is 13.7 Å². The van der Waals surface area contributed by atoms with Crippen LogP contribution in [0.5, 0.6) is 5.75 Å². The van der Waals surface area contributed by atoms with E-state index in [4.69, 9.17) is 4.74 Å². The Morgan fingerprint density at radius 3 is 2.86 bits per heavy atom. The van der Waals surface area contributed by atoms with Crippen LogP contribution < -0.4 is 9.46 Å². The van der Waals surface area contributed by atoms with Gasteiger partial charge < -0.3 is 9.29 Å². The maximum Gasteiger partial charge on any atom is 0.121 e. The second kappa shape index (κ2) is 6.72. The molecule has 1 aliphatic carbocycles. The molecule has 2 aromatic rings. The molecule has 1 unspecified atom stereocenters. The lowest BCUT2D eigenvalue weighted by molar-refractivity contribution is 0.263. The van der Waals surface area contributed by atoms with Gasteiger partial charge in [0.25, 0.3) is 0 Å². The van der Waals surface area contributed by atoms with Gasteiger partial charge >= 0.3 is 0 Å². The first-order chi connectivity index (χ1) is 10.7. The number of hydrogen-bond acceptors (Lipinski definition) is 5. The summed E-state index contributed by atoms with van der Waals surface area (Å²) in [7, 11) is 1.63. The Kier molecular flexibility index (Phi) is 4.70. The quantitative estimate of drug-likeness (QED) is 0.843. The first kappa shape index (κ1) is 15.4. The highest BCUT2D eigenvalue weighted by atomic mass is 32.2. The SMILES string of the molecule is COc1ccc2c(c1)nnn2C1CCC(CNS(=O)[O-])CC1. The van der Waals surface area contributed by atoms with Gasteiger partial charge in [0.1, 0.15) is 11.3 Å². The molecule has 8 heteroatoms. The average Bonchev–Trinajstić information content (AvgIpc) is 2.96. The summed E-state index contributed by atoms with van der Waals surface area (Å²) in [5.74, 6) is 1.18. The van der Waals surface area contributed by atoms with E-state index in [2.05, 4.69) is 15.0 Å². The maximum absolute atomic E-state index is 10.5. The smallest absolute Gasteiger partial charge is 0.121 e. The van der Waals surface area contributed by atoms with Gasteiger partial charge in [0.15, 0.2) is 0 Å². The Balaban J connectivity index is 1.67. The first-order valence-electron chi connectivity index (χ1n) is 7.39. The molecule has 1 aromatic carbocycles. The van der Waals surface area contributed by atoms with Crippen molar-refractivity contribution in [3.63, 3.8) is 0 Å². The molecule has 0 aliphatic heterocycles. The number of nitrogens with zero attached hydrogens (tertiary/aromatic N) is 3. The predicted molar refractivity (Wildman–Crippen MR) is 82.0 cm³/mol. The summed E-state index contributed by atoms with van der Waals surface area (Å²) in [6.07, 6.45) is 3.96. The van der Waals surface area contributed by atoms with Crippen molar-refractivity contribution in [2.24, 2.45) is 5.92 Å². The predicted octanol–water partition coefficient (Wildman–Crippen LogP) is 1.55. The number of ether oxygens (including phenoxy) is 1. The zero-order chi connectivity index (χ0) is 15.5. The number of fused-ring (bicyclic) bond motifs is 1. The molecule has 0 bridgehead atoms. The van der Waals surface area contributed by atoms with Crippen molar-refractivity contribution in [1.82, 2.24) is 19.7 Å². The molecule has 3 rings (SSSR count). The highest BCUT2D eigenvalue weighted by Gasteiger charge is 2.24. The summed E-state index contributed by atoms with van der Waals surface area (Å²) in [5.41, 5.74) is 1.85. The number of hydrogen-bond donors (Lipinski definition) is 1. The Hall–Kier alpha value is -1.51. The van der Waals surface area contributed by atoms with Gasteiger partial charge in [0, 0.05) is 23.9 Å². The van der Waals surface area contributed by atoms with Crippen molar-refractivity contribution < 1.29 is 13.5 Å². The highest BCUT2D eigenvalue weighted by Crippen LogP contribution is 2.33. The fourth-order valence-electron chi connectivity index (χ4n) is 3.10. The molecule has 1 atom stereocenters. The van der Waals surface area contributed by atoms with Gasteiger partial charge in [-0.3, -0.25) is 4.21 Å². The van der Waals surface area contributed by atoms with Crippen molar-refractivity contribution in [3.05, 3.63) is 18.2 Å². The van der Waals surface area contributed by atoms with Crippen LogP contribution >= 0.6 is 0 Å².